The number of aryl methyl sites for hydroxylation is 1. The first-order valence-electron chi connectivity index (χ1n) is 14.7. The first-order chi connectivity index (χ1) is 17.2. The van der Waals surface area contributed by atoms with Crippen molar-refractivity contribution in [3.8, 4) is 0 Å². The molecule has 1 aromatic carbocycles. The molecule has 35 heavy (non-hydrogen) atoms. The third kappa shape index (κ3) is 22.8. The van der Waals surface area contributed by atoms with Gasteiger partial charge in [0.1, 0.15) is 0 Å². The minimum absolute atomic E-state index is 0.133. The van der Waals surface area contributed by atoms with E-state index in [9.17, 15) is 4.79 Å². The second kappa shape index (κ2) is 24.3. The number of rotatable bonds is 25. The highest BCUT2D eigenvalue weighted by atomic mass is 16.5. The Labute approximate surface area is 217 Å². The SMILES string of the molecule is CN(C)CC(=O)OCCCNCCCCCCCCCCCCCCCCCCc1ccccc1. The third-order valence-electron chi connectivity index (χ3n) is 6.62. The van der Waals surface area contributed by atoms with Crippen molar-refractivity contribution in [2.75, 3.05) is 40.3 Å². The van der Waals surface area contributed by atoms with Gasteiger partial charge in [0.25, 0.3) is 0 Å². The molecule has 0 radical (unpaired) electrons. The molecule has 1 aromatic rings. The molecular weight excluding hydrogens is 432 g/mol. The molecule has 0 spiro atoms. The van der Waals surface area contributed by atoms with Gasteiger partial charge in [-0.1, -0.05) is 120 Å². The van der Waals surface area contributed by atoms with Crippen molar-refractivity contribution in [3.05, 3.63) is 35.9 Å². The molecule has 1 rings (SSSR count). The number of likely N-dealkylation sites (N-methyl/N-ethyl adjacent to an activating group) is 1. The van der Waals surface area contributed by atoms with Gasteiger partial charge in [0.2, 0.25) is 0 Å². The highest BCUT2D eigenvalue weighted by Gasteiger charge is 2.03. The molecule has 0 amide bonds. The summed E-state index contributed by atoms with van der Waals surface area (Å²) in [5.74, 6) is -0.133. The van der Waals surface area contributed by atoms with E-state index in [1.165, 1.54) is 115 Å². The smallest absolute Gasteiger partial charge is 0.320 e. The van der Waals surface area contributed by atoms with Gasteiger partial charge in [-0.25, -0.2) is 0 Å². The maximum Gasteiger partial charge on any atom is 0.320 e. The normalized spacial score (nSPS) is 11.3. The van der Waals surface area contributed by atoms with E-state index in [0.29, 0.717) is 13.2 Å². The summed E-state index contributed by atoms with van der Waals surface area (Å²) >= 11 is 0. The van der Waals surface area contributed by atoms with Crippen molar-refractivity contribution in [1.82, 2.24) is 10.2 Å². The molecule has 0 saturated carbocycles. The number of carbonyl (C=O) groups is 1. The molecule has 0 aliphatic heterocycles. The van der Waals surface area contributed by atoms with Gasteiger partial charge in [0, 0.05) is 0 Å². The molecule has 0 heterocycles. The summed E-state index contributed by atoms with van der Waals surface area (Å²) in [5, 5.41) is 3.46. The number of benzene rings is 1. The van der Waals surface area contributed by atoms with Gasteiger partial charge in [-0.3, -0.25) is 9.69 Å². The zero-order valence-electron chi connectivity index (χ0n) is 23.2. The molecule has 0 atom stereocenters. The Morgan fingerprint density at radius 3 is 1.63 bits per heavy atom. The quantitative estimate of drug-likeness (QED) is 0.114. The lowest BCUT2D eigenvalue weighted by Crippen LogP contribution is -2.25. The van der Waals surface area contributed by atoms with Crippen LogP contribution in [0, 0.1) is 0 Å². The highest BCUT2D eigenvalue weighted by molar-refractivity contribution is 5.71. The Kier molecular flexibility index (Phi) is 22.0. The van der Waals surface area contributed by atoms with Crippen LogP contribution in [-0.4, -0.2) is 51.2 Å². The lowest BCUT2D eigenvalue weighted by atomic mass is 10.0. The molecule has 0 aliphatic carbocycles. The summed E-state index contributed by atoms with van der Waals surface area (Å²) < 4.78 is 5.18. The molecule has 4 nitrogen and oxygen atoms in total. The van der Waals surface area contributed by atoms with E-state index < -0.39 is 0 Å². The van der Waals surface area contributed by atoms with Crippen LogP contribution in [0.15, 0.2) is 30.3 Å². The molecule has 202 valence electrons. The molecule has 0 aliphatic rings. The monoisotopic (exact) mass is 488 g/mol. The molecule has 0 bridgehead atoms. The van der Waals surface area contributed by atoms with Crippen LogP contribution in [0.1, 0.15) is 115 Å². The van der Waals surface area contributed by atoms with Gasteiger partial charge in [-0.05, 0) is 58.4 Å². The largest absolute Gasteiger partial charge is 0.465 e. The molecule has 0 aromatic heterocycles. The minimum Gasteiger partial charge on any atom is -0.465 e. The fourth-order valence-electron chi connectivity index (χ4n) is 4.51. The average molecular weight is 489 g/mol. The van der Waals surface area contributed by atoms with Crippen LogP contribution >= 0.6 is 0 Å². The topological polar surface area (TPSA) is 41.6 Å². The molecule has 0 saturated heterocycles. The van der Waals surface area contributed by atoms with Gasteiger partial charge >= 0.3 is 5.97 Å². The van der Waals surface area contributed by atoms with Crippen molar-refractivity contribution in [3.63, 3.8) is 0 Å². The number of nitrogens with zero attached hydrogens (tertiary/aromatic N) is 1. The maximum atomic E-state index is 11.4. The number of nitrogens with one attached hydrogen (secondary N) is 1. The number of hydrogen-bond acceptors (Lipinski definition) is 4. The summed E-state index contributed by atoms with van der Waals surface area (Å²) in [5.41, 5.74) is 1.49. The van der Waals surface area contributed by atoms with Crippen molar-refractivity contribution < 1.29 is 9.53 Å². The molecule has 0 fully saturated rings. The maximum absolute atomic E-state index is 11.4. The van der Waals surface area contributed by atoms with Gasteiger partial charge in [0.05, 0.1) is 13.2 Å². The molecule has 0 unspecified atom stereocenters. The summed E-state index contributed by atoms with van der Waals surface area (Å²) in [4.78, 5) is 13.2. The predicted octanol–water partition coefficient (Wildman–Crippen LogP) is 7.56. The number of ether oxygens (including phenoxy) is 1. The summed E-state index contributed by atoms with van der Waals surface area (Å²) in [6.45, 7) is 2.91. The zero-order valence-corrected chi connectivity index (χ0v) is 23.2. The highest BCUT2D eigenvalue weighted by Crippen LogP contribution is 2.14. The van der Waals surface area contributed by atoms with E-state index in [0.717, 1.165) is 19.5 Å². The summed E-state index contributed by atoms with van der Waals surface area (Å²) in [6.07, 6.45) is 24.5. The summed E-state index contributed by atoms with van der Waals surface area (Å²) in [7, 11) is 3.75. The van der Waals surface area contributed by atoms with Gasteiger partial charge in [-0.2, -0.15) is 0 Å². The van der Waals surface area contributed by atoms with Crippen molar-refractivity contribution in [2.24, 2.45) is 0 Å². The average Bonchev–Trinajstić information content (AvgIpc) is 2.84. The Hall–Kier alpha value is -1.39. The second-order valence-corrected chi connectivity index (χ2v) is 10.5. The van der Waals surface area contributed by atoms with Crippen molar-refractivity contribution >= 4 is 5.97 Å². The van der Waals surface area contributed by atoms with E-state index in [1.54, 1.807) is 0 Å². The number of hydrogen-bond donors (Lipinski definition) is 1. The van der Waals surface area contributed by atoms with Crippen LogP contribution in [-0.2, 0) is 16.0 Å². The Morgan fingerprint density at radius 2 is 1.11 bits per heavy atom. The summed E-state index contributed by atoms with van der Waals surface area (Å²) in [6, 6.07) is 10.9. The van der Waals surface area contributed by atoms with Crippen LogP contribution < -0.4 is 5.32 Å². The Morgan fingerprint density at radius 1 is 0.657 bits per heavy atom. The van der Waals surface area contributed by atoms with Crippen LogP contribution in [0.2, 0.25) is 0 Å². The molecule has 4 heteroatoms. The fraction of sp³-hybridized carbons (Fsp3) is 0.774. The van der Waals surface area contributed by atoms with Crippen LogP contribution in [0.3, 0.4) is 0 Å². The van der Waals surface area contributed by atoms with Crippen LogP contribution in [0.25, 0.3) is 0 Å². The number of unbranched alkanes of at least 4 members (excludes halogenated alkanes) is 15. The fourth-order valence-corrected chi connectivity index (χ4v) is 4.51. The van der Waals surface area contributed by atoms with Crippen molar-refractivity contribution in [2.45, 2.75) is 116 Å². The zero-order chi connectivity index (χ0) is 25.2. The minimum atomic E-state index is -0.133. The van der Waals surface area contributed by atoms with Gasteiger partial charge in [-0.15, -0.1) is 0 Å². The van der Waals surface area contributed by atoms with E-state index >= 15 is 0 Å². The number of carbonyl (C=O) groups excluding carboxylic acids is 1. The second-order valence-electron chi connectivity index (χ2n) is 10.5. The first kappa shape index (κ1) is 31.6. The lowest BCUT2D eigenvalue weighted by Gasteiger charge is -2.09. The van der Waals surface area contributed by atoms with E-state index in [-0.39, 0.29) is 5.97 Å². The van der Waals surface area contributed by atoms with Crippen molar-refractivity contribution in [1.29, 1.82) is 0 Å². The van der Waals surface area contributed by atoms with Gasteiger partial charge < -0.3 is 10.1 Å². The van der Waals surface area contributed by atoms with E-state index in [4.69, 9.17) is 4.74 Å². The third-order valence-corrected chi connectivity index (χ3v) is 6.62. The Bertz CT molecular complexity index is 577. The Balaban J connectivity index is 1.67. The number of esters is 1. The van der Waals surface area contributed by atoms with Crippen LogP contribution in [0.5, 0.6) is 0 Å². The predicted molar refractivity (Wildman–Crippen MR) is 151 cm³/mol. The molecular formula is C31H56N2O2. The van der Waals surface area contributed by atoms with E-state index in [2.05, 4.69) is 35.6 Å². The van der Waals surface area contributed by atoms with Gasteiger partial charge in [0.15, 0.2) is 0 Å². The molecule has 1 N–H and O–H groups in total. The van der Waals surface area contributed by atoms with Crippen LogP contribution in [0.4, 0.5) is 0 Å². The van der Waals surface area contributed by atoms with E-state index in [1.807, 2.05) is 19.0 Å². The lowest BCUT2D eigenvalue weighted by molar-refractivity contribution is -0.144. The standard InChI is InChI=1S/C31H56N2O2/c1-33(2)29-31(34)35-28-22-27-32-26-21-16-14-12-10-8-6-4-3-5-7-9-11-13-15-18-23-30-24-19-17-20-25-30/h17,19-20,24-25,32H,3-16,18,21-23,26-29H2,1-2H3. The first-order valence-corrected chi connectivity index (χ1v) is 14.7.